The summed E-state index contributed by atoms with van der Waals surface area (Å²) < 4.78 is 2.38. The molecule has 0 amide bonds. The number of fused-ring (bicyclic) bond motifs is 1. The molecule has 1 heterocycles. The zero-order valence-electron chi connectivity index (χ0n) is 19.3. The van der Waals surface area contributed by atoms with Gasteiger partial charge in [-0.1, -0.05) is 92.2 Å². The van der Waals surface area contributed by atoms with Crippen LogP contribution in [-0.4, -0.2) is 9.55 Å². The topological polar surface area (TPSA) is 29.9 Å². The Kier molecular flexibility index (Phi) is 5.95. The van der Waals surface area contributed by atoms with Gasteiger partial charge in [-0.3, -0.25) is 0 Å². The number of nitrogens with zero attached hydrogens (tertiary/aromatic N) is 2. The molecule has 0 aliphatic heterocycles. The Balaban J connectivity index is 1.64. The van der Waals surface area contributed by atoms with Gasteiger partial charge in [-0.05, 0) is 42.7 Å². The number of aromatic nitrogens is 2. The number of hydrogen-bond acceptors (Lipinski definition) is 2. The zero-order chi connectivity index (χ0) is 22.6. The molecule has 0 saturated heterocycles. The van der Waals surface area contributed by atoms with Gasteiger partial charge in [0.15, 0.2) is 0 Å². The molecule has 3 heteroatoms. The van der Waals surface area contributed by atoms with Crippen LogP contribution in [-0.2, 0) is 6.54 Å². The van der Waals surface area contributed by atoms with Crippen molar-refractivity contribution >= 4 is 22.4 Å². The molecule has 0 spiro atoms. The van der Waals surface area contributed by atoms with Crippen molar-refractivity contribution in [3.8, 4) is 22.5 Å². The highest BCUT2D eigenvalue weighted by Crippen LogP contribution is 2.35. The Labute approximate surface area is 195 Å². The van der Waals surface area contributed by atoms with E-state index in [1.165, 1.54) is 27.8 Å². The van der Waals surface area contributed by atoms with E-state index in [1.54, 1.807) is 0 Å². The first-order chi connectivity index (χ1) is 16.3. The molecule has 3 nitrogen and oxygen atoms in total. The molecule has 5 aromatic rings. The highest BCUT2D eigenvalue weighted by Gasteiger charge is 2.17. The lowest BCUT2D eigenvalue weighted by Crippen LogP contribution is -2.01. The summed E-state index contributed by atoms with van der Waals surface area (Å²) in [6.45, 7) is 5.36. The summed E-state index contributed by atoms with van der Waals surface area (Å²) in [6.07, 6.45) is 2.27. The van der Waals surface area contributed by atoms with E-state index in [-0.39, 0.29) is 0 Å². The first-order valence-corrected chi connectivity index (χ1v) is 11.7. The summed E-state index contributed by atoms with van der Waals surface area (Å²) in [6, 6.07) is 33.9. The van der Waals surface area contributed by atoms with Crippen molar-refractivity contribution in [1.82, 2.24) is 9.55 Å². The fraction of sp³-hybridized carbons (Fsp3) is 0.167. The lowest BCUT2D eigenvalue weighted by Gasteiger charge is -2.13. The summed E-state index contributed by atoms with van der Waals surface area (Å²) >= 11 is 0. The second-order valence-corrected chi connectivity index (χ2v) is 8.47. The highest BCUT2D eigenvalue weighted by molar-refractivity contribution is 5.95. The molecular weight excluding hydrogens is 402 g/mol. The van der Waals surface area contributed by atoms with Gasteiger partial charge in [0.1, 0.15) is 11.3 Å². The lowest BCUT2D eigenvalue weighted by molar-refractivity contribution is 0.651. The molecule has 0 aliphatic carbocycles. The Morgan fingerprint density at radius 1 is 0.727 bits per heavy atom. The minimum atomic E-state index is 0.959. The number of anilines is 2. The van der Waals surface area contributed by atoms with Crippen molar-refractivity contribution in [2.24, 2.45) is 0 Å². The molecule has 33 heavy (non-hydrogen) atoms. The van der Waals surface area contributed by atoms with Crippen molar-refractivity contribution < 1.29 is 0 Å². The monoisotopic (exact) mass is 431 g/mol. The van der Waals surface area contributed by atoms with E-state index in [1.807, 2.05) is 0 Å². The maximum atomic E-state index is 5.20. The van der Waals surface area contributed by atoms with Crippen LogP contribution in [0.15, 0.2) is 97.1 Å². The smallest absolute Gasteiger partial charge is 0.141 e. The number of nitrogens with one attached hydrogen (secondary N) is 1. The third kappa shape index (κ3) is 4.14. The van der Waals surface area contributed by atoms with Crippen molar-refractivity contribution in [3.05, 3.63) is 103 Å². The molecule has 0 aliphatic rings. The maximum absolute atomic E-state index is 5.20. The van der Waals surface area contributed by atoms with Gasteiger partial charge in [0.2, 0.25) is 0 Å². The van der Waals surface area contributed by atoms with E-state index < -0.39 is 0 Å². The molecule has 1 N–H and O–H groups in total. The van der Waals surface area contributed by atoms with Crippen LogP contribution in [0.1, 0.15) is 25.3 Å². The zero-order valence-corrected chi connectivity index (χ0v) is 19.3. The van der Waals surface area contributed by atoms with Crippen LogP contribution in [0.3, 0.4) is 0 Å². The Hall–Kier alpha value is -3.85. The summed E-state index contributed by atoms with van der Waals surface area (Å²) in [7, 11) is 0. The number of benzene rings is 4. The SMILES string of the molecule is CCCCn1c(-c2ccccc2C)nc2c(Nc3ccccc3-c3ccccc3)cccc21. The summed E-state index contributed by atoms with van der Waals surface area (Å²) in [4.78, 5) is 5.20. The molecule has 0 radical (unpaired) electrons. The summed E-state index contributed by atoms with van der Waals surface area (Å²) in [5, 5.41) is 3.70. The van der Waals surface area contributed by atoms with E-state index >= 15 is 0 Å². The number of para-hydroxylation sites is 2. The predicted molar refractivity (Wildman–Crippen MR) is 140 cm³/mol. The Bertz CT molecular complexity index is 1380. The van der Waals surface area contributed by atoms with Crippen LogP contribution < -0.4 is 5.32 Å². The molecule has 0 saturated carbocycles. The first-order valence-electron chi connectivity index (χ1n) is 11.7. The minimum Gasteiger partial charge on any atom is -0.353 e. The molecule has 1 aromatic heterocycles. The van der Waals surface area contributed by atoms with Gasteiger partial charge in [-0.15, -0.1) is 0 Å². The van der Waals surface area contributed by atoms with Crippen molar-refractivity contribution in [2.75, 3.05) is 5.32 Å². The van der Waals surface area contributed by atoms with Crippen molar-refractivity contribution in [1.29, 1.82) is 0 Å². The van der Waals surface area contributed by atoms with E-state index in [0.717, 1.165) is 42.1 Å². The quantitative estimate of drug-likeness (QED) is 0.281. The fourth-order valence-corrected chi connectivity index (χ4v) is 4.43. The Morgan fingerprint density at radius 3 is 2.21 bits per heavy atom. The van der Waals surface area contributed by atoms with Crippen molar-refractivity contribution in [3.63, 3.8) is 0 Å². The second kappa shape index (κ2) is 9.33. The van der Waals surface area contributed by atoms with Crippen LogP contribution in [0, 0.1) is 6.92 Å². The normalized spacial score (nSPS) is 11.1. The van der Waals surface area contributed by atoms with Crippen LogP contribution in [0.5, 0.6) is 0 Å². The van der Waals surface area contributed by atoms with E-state index in [4.69, 9.17) is 4.98 Å². The molecule has 5 rings (SSSR count). The lowest BCUT2D eigenvalue weighted by atomic mass is 10.0. The van der Waals surface area contributed by atoms with Gasteiger partial charge in [0, 0.05) is 23.4 Å². The average molecular weight is 432 g/mol. The van der Waals surface area contributed by atoms with Gasteiger partial charge in [-0.25, -0.2) is 4.98 Å². The largest absolute Gasteiger partial charge is 0.353 e. The third-order valence-electron chi connectivity index (χ3n) is 6.18. The number of hydrogen-bond donors (Lipinski definition) is 1. The first kappa shape index (κ1) is 21.0. The van der Waals surface area contributed by atoms with Crippen LogP contribution in [0.25, 0.3) is 33.5 Å². The Morgan fingerprint density at radius 2 is 1.42 bits per heavy atom. The van der Waals surface area contributed by atoms with Crippen LogP contribution in [0.4, 0.5) is 11.4 Å². The molecule has 0 fully saturated rings. The number of unbranched alkanes of at least 4 members (excludes halogenated alkanes) is 1. The summed E-state index contributed by atoms with van der Waals surface area (Å²) in [5.41, 5.74) is 9.10. The van der Waals surface area contributed by atoms with Gasteiger partial charge < -0.3 is 9.88 Å². The predicted octanol–water partition coefficient (Wildman–Crippen LogP) is 8.22. The average Bonchev–Trinajstić information content (AvgIpc) is 3.23. The maximum Gasteiger partial charge on any atom is 0.141 e. The molecule has 4 aromatic carbocycles. The van der Waals surface area contributed by atoms with Gasteiger partial charge >= 0.3 is 0 Å². The summed E-state index contributed by atoms with van der Waals surface area (Å²) in [5.74, 6) is 1.04. The van der Waals surface area contributed by atoms with E-state index in [0.29, 0.717) is 0 Å². The van der Waals surface area contributed by atoms with Gasteiger partial charge in [-0.2, -0.15) is 0 Å². The third-order valence-corrected chi connectivity index (χ3v) is 6.18. The number of rotatable bonds is 7. The number of imidazole rings is 1. The fourth-order valence-electron chi connectivity index (χ4n) is 4.43. The molecule has 164 valence electrons. The second-order valence-electron chi connectivity index (χ2n) is 8.47. The minimum absolute atomic E-state index is 0.959. The van der Waals surface area contributed by atoms with Crippen LogP contribution in [0.2, 0.25) is 0 Å². The molecule has 0 unspecified atom stereocenters. The standard InChI is InChI=1S/C30H29N3/c1-3-4-21-33-28-20-12-19-27(29(28)32-30(33)24-16-9-8-13-22(24)2)31-26-18-11-10-17-25(26)23-14-6-5-7-15-23/h5-20,31H,3-4,21H2,1-2H3. The highest BCUT2D eigenvalue weighted by atomic mass is 15.1. The molecular formula is C30H29N3. The van der Waals surface area contributed by atoms with E-state index in [9.17, 15) is 0 Å². The number of aryl methyl sites for hydroxylation is 2. The van der Waals surface area contributed by atoms with E-state index in [2.05, 4.69) is 121 Å². The van der Waals surface area contributed by atoms with Crippen molar-refractivity contribution in [2.45, 2.75) is 33.2 Å². The molecule has 0 bridgehead atoms. The van der Waals surface area contributed by atoms with Gasteiger partial charge in [0.05, 0.1) is 11.2 Å². The van der Waals surface area contributed by atoms with Gasteiger partial charge in [0.25, 0.3) is 0 Å². The van der Waals surface area contributed by atoms with Crippen LogP contribution >= 0.6 is 0 Å². The molecule has 0 atom stereocenters.